The van der Waals surface area contributed by atoms with E-state index in [1.165, 1.54) is 29.3 Å². The number of halogens is 1. The molecular weight excluding hydrogens is 498 g/mol. The average Bonchev–Trinajstić information content (AvgIpc) is 3.18. The molecule has 1 atom stereocenters. The van der Waals surface area contributed by atoms with Crippen molar-refractivity contribution in [1.82, 2.24) is 19.8 Å². The summed E-state index contributed by atoms with van der Waals surface area (Å²) in [4.78, 5) is 49.0. The monoisotopic (exact) mass is 523 g/mol. The van der Waals surface area contributed by atoms with Crippen molar-refractivity contribution < 1.29 is 23.9 Å². The Hall–Kier alpha value is -4.18. The Bertz CT molecular complexity index is 1350. The molecule has 11 heteroatoms. The number of ether oxygens (including phenoxy) is 2. The number of rotatable bonds is 7. The molecule has 2 aromatic carbocycles. The van der Waals surface area contributed by atoms with Gasteiger partial charge in [0.05, 0.1) is 23.1 Å². The standard InChI is InChI=1S/C26H26ClN5O5/c1-15-13-29-23(14-28-15)30-24(33)17-9-18(12-19(10-17)37-22-7-8-32(4)26(22)35)36-21-6-5-16(11-20(21)27)25(34)31(2)3/h5-6,9-14,22H,7-8H2,1-4H3,(H,29,30,33). The predicted octanol–water partition coefficient (Wildman–Crippen LogP) is 3.79. The quantitative estimate of drug-likeness (QED) is 0.501. The topological polar surface area (TPSA) is 114 Å². The van der Waals surface area contributed by atoms with Gasteiger partial charge in [0.25, 0.3) is 17.7 Å². The molecule has 0 radical (unpaired) electrons. The second-order valence-electron chi connectivity index (χ2n) is 8.79. The van der Waals surface area contributed by atoms with Gasteiger partial charge in [-0.15, -0.1) is 0 Å². The number of likely N-dealkylation sites (tertiary alicyclic amines) is 1. The zero-order valence-corrected chi connectivity index (χ0v) is 21.6. The number of carbonyl (C=O) groups excluding carboxylic acids is 3. The second kappa shape index (κ2) is 10.8. The molecule has 0 saturated carbocycles. The molecule has 3 amide bonds. The van der Waals surface area contributed by atoms with Gasteiger partial charge in [-0.25, -0.2) is 4.98 Å². The third kappa shape index (κ3) is 6.15. The van der Waals surface area contributed by atoms with Crippen LogP contribution in [0.4, 0.5) is 5.82 Å². The minimum Gasteiger partial charge on any atom is -0.480 e. The molecular formula is C26H26ClN5O5. The number of nitrogens with zero attached hydrogens (tertiary/aromatic N) is 4. The number of carbonyl (C=O) groups is 3. The second-order valence-corrected chi connectivity index (χ2v) is 9.20. The highest BCUT2D eigenvalue weighted by atomic mass is 35.5. The van der Waals surface area contributed by atoms with Crippen LogP contribution in [0.1, 0.15) is 32.8 Å². The third-order valence-electron chi connectivity index (χ3n) is 5.63. The van der Waals surface area contributed by atoms with Crippen LogP contribution in [0.5, 0.6) is 17.2 Å². The van der Waals surface area contributed by atoms with Crippen molar-refractivity contribution in [2.75, 3.05) is 33.0 Å². The maximum absolute atomic E-state index is 13.0. The van der Waals surface area contributed by atoms with E-state index >= 15 is 0 Å². The Kier molecular flexibility index (Phi) is 7.58. The Labute approximate surface area is 219 Å². The van der Waals surface area contributed by atoms with E-state index in [2.05, 4.69) is 15.3 Å². The fourth-order valence-corrected chi connectivity index (χ4v) is 3.86. The fraction of sp³-hybridized carbons (Fsp3) is 0.269. The van der Waals surface area contributed by atoms with Gasteiger partial charge in [0.15, 0.2) is 11.9 Å². The van der Waals surface area contributed by atoms with Crippen LogP contribution in [0.3, 0.4) is 0 Å². The van der Waals surface area contributed by atoms with Gasteiger partial charge in [0.1, 0.15) is 17.2 Å². The van der Waals surface area contributed by atoms with Crippen LogP contribution in [-0.2, 0) is 4.79 Å². The summed E-state index contributed by atoms with van der Waals surface area (Å²) in [5, 5.41) is 2.90. The van der Waals surface area contributed by atoms with E-state index in [0.717, 1.165) is 0 Å². The zero-order chi connectivity index (χ0) is 26.7. The van der Waals surface area contributed by atoms with E-state index in [9.17, 15) is 14.4 Å². The van der Waals surface area contributed by atoms with E-state index < -0.39 is 12.0 Å². The Morgan fingerprint density at radius 1 is 1.08 bits per heavy atom. The number of benzene rings is 2. The lowest BCUT2D eigenvalue weighted by Gasteiger charge is -2.16. The van der Waals surface area contributed by atoms with E-state index in [1.807, 2.05) is 0 Å². The highest BCUT2D eigenvalue weighted by Crippen LogP contribution is 2.34. The van der Waals surface area contributed by atoms with Gasteiger partial charge < -0.3 is 24.6 Å². The summed E-state index contributed by atoms with van der Waals surface area (Å²) in [6, 6.07) is 9.29. The van der Waals surface area contributed by atoms with Gasteiger partial charge in [-0.2, -0.15) is 0 Å². The number of amides is 3. The summed E-state index contributed by atoms with van der Waals surface area (Å²) in [6.07, 6.45) is 2.85. The molecule has 2 heterocycles. The van der Waals surface area contributed by atoms with Crippen LogP contribution in [-0.4, -0.2) is 71.3 Å². The van der Waals surface area contributed by atoms with E-state index in [-0.39, 0.29) is 45.5 Å². The molecule has 1 saturated heterocycles. The van der Waals surface area contributed by atoms with Crippen molar-refractivity contribution in [3.05, 3.63) is 70.6 Å². The maximum atomic E-state index is 13.0. The molecule has 1 aromatic heterocycles. The molecule has 4 rings (SSSR count). The normalized spacial score (nSPS) is 14.9. The first-order valence-electron chi connectivity index (χ1n) is 11.5. The van der Waals surface area contributed by atoms with Gasteiger partial charge in [-0.3, -0.25) is 19.4 Å². The van der Waals surface area contributed by atoms with Crippen LogP contribution >= 0.6 is 11.6 Å². The summed E-state index contributed by atoms with van der Waals surface area (Å²) in [6.45, 7) is 2.37. The highest BCUT2D eigenvalue weighted by molar-refractivity contribution is 6.32. The first kappa shape index (κ1) is 25.9. The molecule has 1 aliphatic rings. The van der Waals surface area contributed by atoms with Crippen molar-refractivity contribution >= 4 is 35.1 Å². The molecule has 0 aliphatic carbocycles. The third-order valence-corrected chi connectivity index (χ3v) is 5.93. The number of likely N-dealkylation sites (N-methyl/N-ethyl adjacent to an activating group) is 1. The van der Waals surface area contributed by atoms with E-state index in [0.29, 0.717) is 24.2 Å². The SMILES string of the molecule is Cc1cnc(NC(=O)c2cc(Oc3ccc(C(=O)N(C)C)cc3Cl)cc(OC3CCN(C)C3=O)c2)cn1. The van der Waals surface area contributed by atoms with Crippen LogP contribution in [0.2, 0.25) is 5.02 Å². The molecule has 3 aromatic rings. The van der Waals surface area contributed by atoms with Crippen LogP contribution in [0, 0.1) is 6.92 Å². The van der Waals surface area contributed by atoms with E-state index in [4.69, 9.17) is 21.1 Å². The Morgan fingerprint density at radius 3 is 2.46 bits per heavy atom. The van der Waals surface area contributed by atoms with Crippen molar-refractivity contribution in [2.24, 2.45) is 0 Å². The van der Waals surface area contributed by atoms with Crippen LogP contribution in [0.15, 0.2) is 48.8 Å². The molecule has 0 spiro atoms. The lowest BCUT2D eigenvalue weighted by atomic mass is 10.1. The molecule has 10 nitrogen and oxygen atoms in total. The van der Waals surface area contributed by atoms with Crippen molar-refractivity contribution in [3.8, 4) is 17.2 Å². The van der Waals surface area contributed by atoms with Gasteiger partial charge in [-0.1, -0.05) is 11.6 Å². The fourth-order valence-electron chi connectivity index (χ4n) is 3.64. The zero-order valence-electron chi connectivity index (χ0n) is 20.8. The number of aromatic nitrogens is 2. The smallest absolute Gasteiger partial charge is 0.263 e. The van der Waals surface area contributed by atoms with Crippen molar-refractivity contribution in [2.45, 2.75) is 19.4 Å². The largest absolute Gasteiger partial charge is 0.480 e. The molecule has 1 fully saturated rings. The summed E-state index contributed by atoms with van der Waals surface area (Å²) in [5.41, 5.74) is 1.33. The first-order valence-corrected chi connectivity index (χ1v) is 11.8. The lowest BCUT2D eigenvalue weighted by molar-refractivity contribution is -0.132. The molecule has 1 unspecified atom stereocenters. The summed E-state index contributed by atoms with van der Waals surface area (Å²) in [5.74, 6) is 0.278. The minimum absolute atomic E-state index is 0.142. The van der Waals surface area contributed by atoms with E-state index in [1.54, 1.807) is 57.4 Å². The average molecular weight is 524 g/mol. The molecule has 1 aliphatic heterocycles. The molecule has 192 valence electrons. The highest BCUT2D eigenvalue weighted by Gasteiger charge is 2.31. The van der Waals surface area contributed by atoms with Crippen molar-refractivity contribution in [3.63, 3.8) is 0 Å². The predicted molar refractivity (Wildman–Crippen MR) is 137 cm³/mol. The van der Waals surface area contributed by atoms with Crippen LogP contribution < -0.4 is 14.8 Å². The first-order chi connectivity index (χ1) is 17.6. The maximum Gasteiger partial charge on any atom is 0.263 e. The number of hydrogen-bond acceptors (Lipinski definition) is 7. The molecule has 1 N–H and O–H groups in total. The number of anilines is 1. The molecule has 0 bridgehead atoms. The minimum atomic E-state index is -0.668. The summed E-state index contributed by atoms with van der Waals surface area (Å²) >= 11 is 6.39. The summed E-state index contributed by atoms with van der Waals surface area (Å²) in [7, 11) is 5.00. The number of nitrogens with one attached hydrogen (secondary N) is 1. The Balaban J connectivity index is 1.63. The van der Waals surface area contributed by atoms with Gasteiger partial charge >= 0.3 is 0 Å². The molecule has 37 heavy (non-hydrogen) atoms. The van der Waals surface area contributed by atoms with Gasteiger partial charge in [0, 0.05) is 51.3 Å². The van der Waals surface area contributed by atoms with Crippen LogP contribution in [0.25, 0.3) is 0 Å². The summed E-state index contributed by atoms with van der Waals surface area (Å²) < 4.78 is 11.9. The van der Waals surface area contributed by atoms with Gasteiger partial charge in [-0.05, 0) is 37.3 Å². The number of hydrogen-bond donors (Lipinski definition) is 1. The van der Waals surface area contributed by atoms with Crippen molar-refractivity contribution in [1.29, 1.82) is 0 Å². The lowest BCUT2D eigenvalue weighted by Crippen LogP contribution is -2.29. The number of aryl methyl sites for hydroxylation is 1. The Morgan fingerprint density at radius 2 is 1.84 bits per heavy atom. The van der Waals surface area contributed by atoms with Gasteiger partial charge in [0.2, 0.25) is 0 Å².